The van der Waals surface area contributed by atoms with E-state index in [0.29, 0.717) is 5.92 Å². The van der Waals surface area contributed by atoms with Gasteiger partial charge in [0.05, 0.1) is 0 Å². The Morgan fingerprint density at radius 2 is 1.78 bits per heavy atom. The average molecular weight is 278 g/mol. The minimum Gasteiger partial charge on any atom is -0.395 e. The lowest BCUT2D eigenvalue weighted by molar-refractivity contribution is -0.286. The van der Waals surface area contributed by atoms with Crippen molar-refractivity contribution in [2.45, 2.75) is 25.1 Å². The van der Waals surface area contributed by atoms with Crippen molar-refractivity contribution in [2.75, 3.05) is 13.1 Å². The van der Waals surface area contributed by atoms with Crippen molar-refractivity contribution in [2.24, 2.45) is 0 Å². The molecule has 0 spiro atoms. The first kappa shape index (κ1) is 13.4. The van der Waals surface area contributed by atoms with E-state index in [-0.39, 0.29) is 23.9 Å². The maximum absolute atomic E-state index is 12.9. The van der Waals surface area contributed by atoms with Crippen LogP contribution in [0.5, 0.6) is 11.5 Å². The summed E-state index contributed by atoms with van der Waals surface area (Å²) in [4.78, 5) is 0. The standard InChI is InChI=1S/C12H13F2NO2.ClH/c13-12(14)16-10-2-1-9(7-11(10)17-12)8-3-5-15-6-4-8;/h1-2,7-8,15H,3-6H2;1H. The van der Waals surface area contributed by atoms with Crippen LogP contribution in [0.4, 0.5) is 8.78 Å². The second-order valence-corrected chi connectivity index (χ2v) is 4.40. The first-order chi connectivity index (χ1) is 8.14. The zero-order chi connectivity index (χ0) is 11.9. The Labute approximate surface area is 110 Å². The molecule has 1 aromatic rings. The topological polar surface area (TPSA) is 30.5 Å². The third-order valence-electron chi connectivity index (χ3n) is 3.24. The van der Waals surface area contributed by atoms with Gasteiger partial charge in [0.15, 0.2) is 11.5 Å². The molecule has 3 nitrogen and oxygen atoms in total. The first-order valence-electron chi connectivity index (χ1n) is 5.74. The number of halogens is 3. The number of benzene rings is 1. The number of alkyl halides is 2. The Hall–Kier alpha value is -1.07. The van der Waals surface area contributed by atoms with Crippen LogP contribution >= 0.6 is 12.4 Å². The molecule has 2 heterocycles. The van der Waals surface area contributed by atoms with E-state index in [1.165, 1.54) is 0 Å². The van der Waals surface area contributed by atoms with Gasteiger partial charge in [-0.05, 0) is 49.5 Å². The molecule has 100 valence electrons. The molecule has 1 aromatic carbocycles. The molecule has 0 aromatic heterocycles. The summed E-state index contributed by atoms with van der Waals surface area (Å²) in [5.41, 5.74) is 1.05. The van der Waals surface area contributed by atoms with Gasteiger partial charge in [-0.15, -0.1) is 21.2 Å². The number of nitrogens with one attached hydrogen (secondary N) is 1. The first-order valence-corrected chi connectivity index (χ1v) is 5.74. The molecular weight excluding hydrogens is 264 g/mol. The van der Waals surface area contributed by atoms with Gasteiger partial charge in [0.25, 0.3) is 0 Å². The molecule has 1 N–H and O–H groups in total. The van der Waals surface area contributed by atoms with E-state index < -0.39 is 6.29 Å². The van der Waals surface area contributed by atoms with Crippen molar-refractivity contribution in [1.29, 1.82) is 0 Å². The fourth-order valence-corrected chi connectivity index (χ4v) is 2.37. The summed E-state index contributed by atoms with van der Waals surface area (Å²) in [6.45, 7) is 1.94. The molecule has 1 saturated heterocycles. The van der Waals surface area contributed by atoms with Gasteiger partial charge in [-0.1, -0.05) is 6.07 Å². The molecule has 18 heavy (non-hydrogen) atoms. The minimum atomic E-state index is -3.52. The maximum Gasteiger partial charge on any atom is 0.586 e. The second kappa shape index (κ2) is 4.90. The monoisotopic (exact) mass is 277 g/mol. The second-order valence-electron chi connectivity index (χ2n) is 4.40. The molecule has 0 saturated carbocycles. The quantitative estimate of drug-likeness (QED) is 0.856. The molecule has 0 amide bonds. The van der Waals surface area contributed by atoms with Crippen LogP contribution in [0, 0.1) is 0 Å². The Bertz CT molecular complexity index is 436. The van der Waals surface area contributed by atoms with Crippen molar-refractivity contribution in [3.8, 4) is 11.5 Å². The van der Waals surface area contributed by atoms with E-state index in [4.69, 9.17) is 0 Å². The van der Waals surface area contributed by atoms with Crippen LogP contribution < -0.4 is 14.8 Å². The van der Waals surface area contributed by atoms with Crippen LogP contribution in [-0.2, 0) is 0 Å². The highest BCUT2D eigenvalue weighted by atomic mass is 35.5. The van der Waals surface area contributed by atoms with Crippen LogP contribution in [0.25, 0.3) is 0 Å². The maximum atomic E-state index is 12.9. The van der Waals surface area contributed by atoms with Crippen molar-refractivity contribution < 1.29 is 18.3 Å². The third-order valence-corrected chi connectivity index (χ3v) is 3.24. The Morgan fingerprint density at radius 3 is 2.50 bits per heavy atom. The molecule has 0 unspecified atom stereocenters. The summed E-state index contributed by atoms with van der Waals surface area (Å²) in [5, 5.41) is 3.27. The van der Waals surface area contributed by atoms with Gasteiger partial charge in [0, 0.05) is 0 Å². The number of ether oxygens (including phenoxy) is 2. The van der Waals surface area contributed by atoms with Crippen LogP contribution in [0.3, 0.4) is 0 Å². The minimum absolute atomic E-state index is 0. The number of piperidine rings is 1. The summed E-state index contributed by atoms with van der Waals surface area (Å²) in [5.74, 6) is 0.679. The van der Waals surface area contributed by atoms with Crippen LogP contribution in [0.15, 0.2) is 18.2 Å². The molecule has 6 heteroatoms. The molecule has 0 bridgehead atoms. The van der Waals surface area contributed by atoms with Gasteiger partial charge >= 0.3 is 6.29 Å². The van der Waals surface area contributed by atoms with E-state index in [0.717, 1.165) is 31.5 Å². The summed E-state index contributed by atoms with van der Waals surface area (Å²) >= 11 is 0. The predicted molar refractivity (Wildman–Crippen MR) is 64.7 cm³/mol. The highest BCUT2D eigenvalue weighted by Gasteiger charge is 2.43. The van der Waals surface area contributed by atoms with Crippen LogP contribution in [0.2, 0.25) is 0 Å². The smallest absolute Gasteiger partial charge is 0.395 e. The van der Waals surface area contributed by atoms with E-state index in [1.807, 2.05) is 6.07 Å². The van der Waals surface area contributed by atoms with Crippen molar-refractivity contribution in [1.82, 2.24) is 5.32 Å². The fourth-order valence-electron chi connectivity index (χ4n) is 2.37. The lowest BCUT2D eigenvalue weighted by Gasteiger charge is -2.22. The molecule has 2 aliphatic heterocycles. The summed E-state index contributed by atoms with van der Waals surface area (Å²) in [7, 11) is 0. The lowest BCUT2D eigenvalue weighted by atomic mass is 9.90. The number of hydrogen-bond donors (Lipinski definition) is 1. The van der Waals surface area contributed by atoms with E-state index >= 15 is 0 Å². The molecule has 1 fully saturated rings. The van der Waals surface area contributed by atoms with E-state index in [1.54, 1.807) is 12.1 Å². The number of rotatable bonds is 1. The van der Waals surface area contributed by atoms with Crippen LogP contribution in [0.1, 0.15) is 24.3 Å². The van der Waals surface area contributed by atoms with Gasteiger partial charge in [0.1, 0.15) is 0 Å². The van der Waals surface area contributed by atoms with Gasteiger partial charge in [0.2, 0.25) is 0 Å². The van der Waals surface area contributed by atoms with Gasteiger partial charge in [-0.25, -0.2) is 0 Å². The fraction of sp³-hybridized carbons (Fsp3) is 0.500. The van der Waals surface area contributed by atoms with E-state index in [2.05, 4.69) is 14.8 Å². The molecule has 0 radical (unpaired) electrons. The van der Waals surface area contributed by atoms with Gasteiger partial charge in [-0.3, -0.25) is 0 Å². The Kier molecular flexibility index (Phi) is 3.64. The molecule has 0 atom stereocenters. The third kappa shape index (κ3) is 2.52. The zero-order valence-corrected chi connectivity index (χ0v) is 10.4. The normalized spacial score (nSPS) is 21.4. The summed E-state index contributed by atoms with van der Waals surface area (Å²) in [6.07, 6.45) is -1.47. The molecule has 2 aliphatic rings. The lowest BCUT2D eigenvalue weighted by Crippen LogP contribution is -2.26. The summed E-state index contributed by atoms with van der Waals surface area (Å²) < 4.78 is 34.5. The van der Waals surface area contributed by atoms with Gasteiger partial charge < -0.3 is 14.8 Å². The Morgan fingerprint density at radius 1 is 1.11 bits per heavy atom. The van der Waals surface area contributed by atoms with Crippen molar-refractivity contribution in [3.05, 3.63) is 23.8 Å². The number of hydrogen-bond acceptors (Lipinski definition) is 3. The molecule has 3 rings (SSSR count). The molecular formula is C12H14ClF2NO2. The Balaban J connectivity index is 0.00000120. The van der Waals surface area contributed by atoms with Crippen molar-refractivity contribution in [3.63, 3.8) is 0 Å². The zero-order valence-electron chi connectivity index (χ0n) is 9.62. The predicted octanol–water partition coefficient (Wildman–Crippen LogP) is 2.90. The van der Waals surface area contributed by atoms with Gasteiger partial charge in [-0.2, -0.15) is 0 Å². The van der Waals surface area contributed by atoms with E-state index in [9.17, 15) is 8.78 Å². The highest BCUT2D eigenvalue weighted by Crippen LogP contribution is 2.42. The number of fused-ring (bicyclic) bond motifs is 1. The average Bonchev–Trinajstić information content (AvgIpc) is 2.63. The summed E-state index contributed by atoms with van der Waals surface area (Å²) in [6, 6.07) is 5.08. The van der Waals surface area contributed by atoms with Crippen molar-refractivity contribution >= 4 is 12.4 Å². The van der Waals surface area contributed by atoms with Crippen LogP contribution in [-0.4, -0.2) is 19.4 Å². The SMILES string of the molecule is Cl.FC1(F)Oc2ccc(C3CCNCC3)cc2O1. The largest absolute Gasteiger partial charge is 0.586 e. The highest BCUT2D eigenvalue weighted by molar-refractivity contribution is 5.85. The molecule has 0 aliphatic carbocycles.